The third kappa shape index (κ3) is 5.98. The highest BCUT2D eigenvalue weighted by Crippen LogP contribution is 2.02. The molecule has 2 amide bonds. The SMILES string of the molecule is COC(=O)[C@H](CO)NC(=O)[C@H](C)NC(=O)[C@H](N)Cc1ccccc1. The van der Waals surface area contributed by atoms with Gasteiger partial charge in [-0.3, -0.25) is 9.59 Å². The van der Waals surface area contributed by atoms with Gasteiger partial charge in [0.25, 0.3) is 0 Å². The number of hydrogen-bond acceptors (Lipinski definition) is 6. The molecule has 8 nitrogen and oxygen atoms in total. The molecule has 0 aliphatic rings. The zero-order chi connectivity index (χ0) is 18.1. The van der Waals surface area contributed by atoms with Gasteiger partial charge in [0.15, 0.2) is 6.04 Å². The summed E-state index contributed by atoms with van der Waals surface area (Å²) in [6.07, 6.45) is 0.336. The maximum absolute atomic E-state index is 12.1. The van der Waals surface area contributed by atoms with Gasteiger partial charge < -0.3 is 26.2 Å². The minimum atomic E-state index is -1.18. The second-order valence-corrected chi connectivity index (χ2v) is 5.29. The molecule has 1 aromatic carbocycles. The molecular formula is C16H23N3O5. The van der Waals surface area contributed by atoms with Gasteiger partial charge >= 0.3 is 5.97 Å². The third-order valence-corrected chi connectivity index (χ3v) is 3.37. The molecule has 8 heteroatoms. The number of nitrogens with one attached hydrogen (secondary N) is 2. The fourth-order valence-electron chi connectivity index (χ4n) is 1.96. The Bertz CT molecular complexity index is 564. The molecule has 0 heterocycles. The predicted molar refractivity (Wildman–Crippen MR) is 86.8 cm³/mol. The maximum atomic E-state index is 12.1. The van der Waals surface area contributed by atoms with E-state index < -0.39 is 42.5 Å². The molecule has 132 valence electrons. The van der Waals surface area contributed by atoms with E-state index in [2.05, 4.69) is 15.4 Å². The number of benzene rings is 1. The predicted octanol–water partition coefficient (Wildman–Crippen LogP) is -1.29. The van der Waals surface area contributed by atoms with Crippen molar-refractivity contribution in [2.75, 3.05) is 13.7 Å². The molecule has 0 radical (unpaired) electrons. The van der Waals surface area contributed by atoms with Crippen molar-refractivity contribution >= 4 is 17.8 Å². The smallest absolute Gasteiger partial charge is 0.330 e. The molecular weight excluding hydrogens is 314 g/mol. The molecule has 0 fully saturated rings. The van der Waals surface area contributed by atoms with Gasteiger partial charge in [-0.2, -0.15) is 0 Å². The summed E-state index contributed by atoms with van der Waals surface area (Å²) in [5.41, 5.74) is 6.74. The van der Waals surface area contributed by atoms with E-state index in [0.717, 1.165) is 12.7 Å². The Kier molecular flexibility index (Phi) is 7.87. The van der Waals surface area contributed by atoms with E-state index in [4.69, 9.17) is 10.8 Å². The van der Waals surface area contributed by atoms with E-state index in [1.165, 1.54) is 6.92 Å². The van der Waals surface area contributed by atoms with E-state index in [9.17, 15) is 14.4 Å². The van der Waals surface area contributed by atoms with Gasteiger partial charge in [-0.05, 0) is 18.9 Å². The molecule has 0 spiro atoms. The van der Waals surface area contributed by atoms with Crippen LogP contribution >= 0.6 is 0 Å². The number of aliphatic hydroxyl groups is 1. The highest BCUT2D eigenvalue weighted by molar-refractivity contribution is 5.91. The lowest BCUT2D eigenvalue weighted by Gasteiger charge is -2.20. The van der Waals surface area contributed by atoms with Gasteiger partial charge in [0, 0.05) is 0 Å². The van der Waals surface area contributed by atoms with Crippen LogP contribution in [0.1, 0.15) is 12.5 Å². The molecule has 0 saturated heterocycles. The number of ether oxygens (including phenoxy) is 1. The zero-order valence-corrected chi connectivity index (χ0v) is 13.7. The highest BCUT2D eigenvalue weighted by Gasteiger charge is 2.25. The summed E-state index contributed by atoms with van der Waals surface area (Å²) < 4.78 is 4.45. The summed E-state index contributed by atoms with van der Waals surface area (Å²) in [6, 6.07) is 6.35. The first-order valence-corrected chi connectivity index (χ1v) is 7.48. The van der Waals surface area contributed by atoms with Gasteiger partial charge in [-0.25, -0.2) is 4.79 Å². The first-order valence-electron chi connectivity index (χ1n) is 7.48. The molecule has 24 heavy (non-hydrogen) atoms. The summed E-state index contributed by atoms with van der Waals surface area (Å²) in [5, 5.41) is 13.8. The third-order valence-electron chi connectivity index (χ3n) is 3.37. The Balaban J connectivity index is 2.53. The number of aliphatic hydroxyl groups excluding tert-OH is 1. The number of carbonyl (C=O) groups is 3. The molecule has 0 saturated carbocycles. The van der Waals surface area contributed by atoms with Crippen LogP contribution in [-0.4, -0.2) is 54.7 Å². The Morgan fingerprint density at radius 2 is 1.79 bits per heavy atom. The lowest BCUT2D eigenvalue weighted by atomic mass is 10.1. The zero-order valence-electron chi connectivity index (χ0n) is 13.7. The van der Waals surface area contributed by atoms with Crippen LogP contribution in [-0.2, 0) is 25.5 Å². The largest absolute Gasteiger partial charge is 0.467 e. The van der Waals surface area contributed by atoms with Gasteiger partial charge in [-0.15, -0.1) is 0 Å². The molecule has 0 aliphatic heterocycles. The van der Waals surface area contributed by atoms with Crippen LogP contribution in [0, 0.1) is 0 Å². The molecule has 1 aromatic rings. The summed E-state index contributed by atoms with van der Waals surface area (Å²) >= 11 is 0. The lowest BCUT2D eigenvalue weighted by Crippen LogP contribution is -2.54. The standard InChI is InChI=1S/C16H23N3O5/c1-10(14(21)19-13(9-20)16(23)24-2)18-15(22)12(17)8-11-6-4-3-5-7-11/h3-7,10,12-13,20H,8-9,17H2,1-2H3,(H,18,22)(H,19,21)/t10-,12+,13-/m0/s1. The van der Waals surface area contributed by atoms with Crippen LogP contribution in [0.4, 0.5) is 0 Å². The van der Waals surface area contributed by atoms with E-state index in [1.807, 2.05) is 30.3 Å². The average Bonchev–Trinajstić information content (AvgIpc) is 2.59. The van der Waals surface area contributed by atoms with Crippen LogP contribution in [0.3, 0.4) is 0 Å². The Morgan fingerprint density at radius 1 is 1.17 bits per heavy atom. The van der Waals surface area contributed by atoms with Crippen LogP contribution in [0.5, 0.6) is 0 Å². The number of methoxy groups -OCH3 is 1. The van der Waals surface area contributed by atoms with E-state index >= 15 is 0 Å². The Labute approximate surface area is 140 Å². The lowest BCUT2D eigenvalue weighted by molar-refractivity contribution is -0.146. The van der Waals surface area contributed by atoms with Crippen molar-refractivity contribution in [2.45, 2.75) is 31.5 Å². The highest BCUT2D eigenvalue weighted by atomic mass is 16.5. The van der Waals surface area contributed by atoms with Crippen molar-refractivity contribution in [1.29, 1.82) is 0 Å². The summed E-state index contributed by atoms with van der Waals surface area (Å²) in [6.45, 7) is 0.848. The number of hydrogen-bond donors (Lipinski definition) is 4. The molecule has 3 atom stereocenters. The van der Waals surface area contributed by atoms with Gasteiger partial charge in [0.2, 0.25) is 11.8 Å². The maximum Gasteiger partial charge on any atom is 0.330 e. The van der Waals surface area contributed by atoms with Gasteiger partial charge in [0.05, 0.1) is 19.8 Å². The molecule has 0 bridgehead atoms. The minimum absolute atomic E-state index is 0.336. The fourth-order valence-corrected chi connectivity index (χ4v) is 1.96. The van der Waals surface area contributed by atoms with Crippen molar-refractivity contribution in [3.63, 3.8) is 0 Å². The van der Waals surface area contributed by atoms with Crippen molar-refractivity contribution in [2.24, 2.45) is 5.73 Å². The topological polar surface area (TPSA) is 131 Å². The summed E-state index contributed by atoms with van der Waals surface area (Å²) in [4.78, 5) is 35.3. The number of nitrogens with two attached hydrogens (primary N) is 1. The molecule has 0 unspecified atom stereocenters. The molecule has 0 aromatic heterocycles. The van der Waals surface area contributed by atoms with Crippen molar-refractivity contribution in [3.05, 3.63) is 35.9 Å². The van der Waals surface area contributed by atoms with Crippen LogP contribution in [0.25, 0.3) is 0 Å². The van der Waals surface area contributed by atoms with Crippen LogP contribution in [0.15, 0.2) is 30.3 Å². The van der Waals surface area contributed by atoms with E-state index in [0.29, 0.717) is 6.42 Å². The Morgan fingerprint density at radius 3 is 2.33 bits per heavy atom. The number of rotatable bonds is 8. The quantitative estimate of drug-likeness (QED) is 0.437. The van der Waals surface area contributed by atoms with Crippen molar-refractivity contribution < 1.29 is 24.2 Å². The van der Waals surface area contributed by atoms with Gasteiger partial charge in [0.1, 0.15) is 6.04 Å². The summed E-state index contributed by atoms with van der Waals surface area (Å²) in [5.74, 6) is -1.88. The molecule has 0 aliphatic carbocycles. The minimum Gasteiger partial charge on any atom is -0.467 e. The average molecular weight is 337 g/mol. The number of esters is 1. The van der Waals surface area contributed by atoms with Crippen molar-refractivity contribution in [3.8, 4) is 0 Å². The Hall–Kier alpha value is -2.45. The first-order chi connectivity index (χ1) is 11.4. The fraction of sp³-hybridized carbons (Fsp3) is 0.438. The van der Waals surface area contributed by atoms with E-state index in [1.54, 1.807) is 0 Å². The molecule has 1 rings (SSSR count). The van der Waals surface area contributed by atoms with Crippen LogP contribution < -0.4 is 16.4 Å². The van der Waals surface area contributed by atoms with Crippen LogP contribution in [0.2, 0.25) is 0 Å². The van der Waals surface area contributed by atoms with E-state index in [-0.39, 0.29) is 0 Å². The van der Waals surface area contributed by atoms with Crippen molar-refractivity contribution in [1.82, 2.24) is 10.6 Å². The normalized spacial score (nSPS) is 14.2. The first kappa shape index (κ1) is 19.6. The number of carbonyl (C=O) groups excluding carboxylic acids is 3. The second-order valence-electron chi connectivity index (χ2n) is 5.29. The van der Waals surface area contributed by atoms with Gasteiger partial charge in [-0.1, -0.05) is 30.3 Å². The molecule has 5 N–H and O–H groups in total. The summed E-state index contributed by atoms with van der Waals surface area (Å²) in [7, 11) is 1.14. The second kappa shape index (κ2) is 9.64. The monoisotopic (exact) mass is 337 g/mol. The number of amides is 2.